The van der Waals surface area contributed by atoms with Crippen LogP contribution >= 0.6 is 0 Å². The van der Waals surface area contributed by atoms with E-state index in [0.717, 1.165) is 37.2 Å². The minimum Gasteiger partial charge on any atom is -0.378 e. The van der Waals surface area contributed by atoms with E-state index in [9.17, 15) is 4.79 Å². The van der Waals surface area contributed by atoms with Crippen molar-refractivity contribution in [2.24, 2.45) is 0 Å². The summed E-state index contributed by atoms with van der Waals surface area (Å²) < 4.78 is 0. The fourth-order valence-electron chi connectivity index (χ4n) is 4.51. The molecule has 0 saturated carbocycles. The summed E-state index contributed by atoms with van der Waals surface area (Å²) in [5.74, 6) is 0.173. The zero-order valence-electron chi connectivity index (χ0n) is 15.2. The van der Waals surface area contributed by atoms with Gasteiger partial charge in [0.1, 0.15) is 0 Å². The minimum atomic E-state index is 0.173. The number of carbonyl (C=O) groups excluding carboxylic acids is 1. The first kappa shape index (κ1) is 16.2. The van der Waals surface area contributed by atoms with Gasteiger partial charge < -0.3 is 9.80 Å². The number of nitrogens with zero attached hydrogens (tertiary/aromatic N) is 2. The first-order chi connectivity index (χ1) is 12.1. The summed E-state index contributed by atoms with van der Waals surface area (Å²) in [6.07, 6.45) is 4.61. The van der Waals surface area contributed by atoms with Crippen LogP contribution in [0.15, 0.2) is 48.5 Å². The number of carbonyl (C=O) groups is 1. The maximum atomic E-state index is 12.8. The van der Waals surface area contributed by atoms with Crippen molar-refractivity contribution in [2.45, 2.75) is 31.1 Å². The topological polar surface area (TPSA) is 23.6 Å². The van der Waals surface area contributed by atoms with E-state index >= 15 is 0 Å². The number of aryl methyl sites for hydroxylation is 1. The summed E-state index contributed by atoms with van der Waals surface area (Å²) in [5.41, 5.74) is 5.28. The van der Waals surface area contributed by atoms with Crippen LogP contribution in [0.3, 0.4) is 0 Å². The van der Waals surface area contributed by atoms with Crippen LogP contribution < -0.4 is 4.90 Å². The van der Waals surface area contributed by atoms with Gasteiger partial charge in [0, 0.05) is 38.4 Å². The van der Waals surface area contributed by atoms with Crippen molar-refractivity contribution in [3.05, 3.63) is 65.2 Å². The monoisotopic (exact) mass is 334 g/mol. The molecule has 1 spiro atoms. The molecule has 0 bridgehead atoms. The Hall–Kier alpha value is -2.29. The molecule has 1 amide bonds. The molecular weight excluding hydrogens is 308 g/mol. The van der Waals surface area contributed by atoms with E-state index in [1.54, 1.807) is 0 Å². The molecule has 0 atom stereocenters. The number of benzene rings is 2. The van der Waals surface area contributed by atoms with Gasteiger partial charge >= 0.3 is 0 Å². The Kier molecular flexibility index (Phi) is 4.03. The van der Waals surface area contributed by atoms with Crippen molar-refractivity contribution < 1.29 is 4.79 Å². The van der Waals surface area contributed by atoms with Crippen LogP contribution in [0.5, 0.6) is 0 Å². The van der Waals surface area contributed by atoms with Gasteiger partial charge in [0.15, 0.2) is 0 Å². The number of anilines is 1. The third kappa shape index (κ3) is 2.82. The number of hydrogen-bond acceptors (Lipinski definition) is 2. The molecule has 4 rings (SSSR count). The number of piperidine rings is 1. The molecule has 1 heterocycles. The Balaban J connectivity index is 1.46. The largest absolute Gasteiger partial charge is 0.378 e. The standard InChI is InChI=1S/C22H26N2O/c1-23(2)19-9-7-18(8-10-19)21(25)24-15-13-22(14-16-24)12-11-17-5-3-4-6-20(17)22/h3-10H,11-16H2,1-2H3. The van der Waals surface area contributed by atoms with Gasteiger partial charge in [-0.05, 0) is 66.5 Å². The van der Waals surface area contributed by atoms with E-state index in [0.29, 0.717) is 5.41 Å². The van der Waals surface area contributed by atoms with Crippen molar-refractivity contribution in [3.63, 3.8) is 0 Å². The molecule has 1 saturated heterocycles. The van der Waals surface area contributed by atoms with Gasteiger partial charge in [-0.2, -0.15) is 0 Å². The molecule has 2 aliphatic rings. The fraction of sp³-hybridized carbons (Fsp3) is 0.409. The molecule has 0 unspecified atom stereocenters. The molecule has 1 aliphatic heterocycles. The zero-order valence-corrected chi connectivity index (χ0v) is 15.2. The van der Waals surface area contributed by atoms with Gasteiger partial charge in [0.2, 0.25) is 0 Å². The summed E-state index contributed by atoms with van der Waals surface area (Å²) in [7, 11) is 4.03. The Morgan fingerprint density at radius 3 is 2.32 bits per heavy atom. The van der Waals surface area contributed by atoms with E-state index in [-0.39, 0.29) is 5.91 Å². The van der Waals surface area contributed by atoms with Crippen LogP contribution in [0.4, 0.5) is 5.69 Å². The molecule has 130 valence electrons. The van der Waals surface area contributed by atoms with E-state index < -0.39 is 0 Å². The first-order valence-electron chi connectivity index (χ1n) is 9.24. The molecule has 25 heavy (non-hydrogen) atoms. The van der Waals surface area contributed by atoms with Crippen molar-refractivity contribution in [1.82, 2.24) is 4.90 Å². The van der Waals surface area contributed by atoms with Crippen LogP contribution in [0.25, 0.3) is 0 Å². The van der Waals surface area contributed by atoms with E-state index in [4.69, 9.17) is 0 Å². The van der Waals surface area contributed by atoms with Crippen LogP contribution in [-0.4, -0.2) is 38.0 Å². The predicted octanol–water partition coefficient (Wildman–Crippen LogP) is 3.87. The van der Waals surface area contributed by atoms with Crippen LogP contribution in [0, 0.1) is 0 Å². The maximum absolute atomic E-state index is 12.8. The molecule has 0 aromatic heterocycles. The number of fused-ring (bicyclic) bond motifs is 2. The van der Waals surface area contributed by atoms with Crippen LogP contribution in [-0.2, 0) is 11.8 Å². The summed E-state index contributed by atoms with van der Waals surface area (Å²) in [6, 6.07) is 16.8. The second kappa shape index (κ2) is 6.21. The van der Waals surface area contributed by atoms with Gasteiger partial charge in [-0.3, -0.25) is 4.79 Å². The van der Waals surface area contributed by atoms with E-state index in [1.165, 1.54) is 24.0 Å². The highest BCUT2D eigenvalue weighted by atomic mass is 16.2. The van der Waals surface area contributed by atoms with E-state index in [2.05, 4.69) is 29.2 Å². The highest BCUT2D eigenvalue weighted by Gasteiger charge is 2.41. The Bertz CT molecular complexity index is 771. The Morgan fingerprint density at radius 1 is 0.960 bits per heavy atom. The highest BCUT2D eigenvalue weighted by Crippen LogP contribution is 2.46. The average molecular weight is 334 g/mol. The third-order valence-corrected chi connectivity index (χ3v) is 6.10. The molecule has 0 radical (unpaired) electrons. The minimum absolute atomic E-state index is 0.173. The number of rotatable bonds is 2. The lowest BCUT2D eigenvalue weighted by Crippen LogP contribution is -2.44. The van der Waals surface area contributed by atoms with Gasteiger partial charge in [-0.1, -0.05) is 24.3 Å². The van der Waals surface area contributed by atoms with Crippen LogP contribution in [0.2, 0.25) is 0 Å². The first-order valence-corrected chi connectivity index (χ1v) is 9.24. The SMILES string of the molecule is CN(C)c1ccc(C(=O)N2CCC3(CCc4ccccc43)CC2)cc1. The van der Waals surface area contributed by atoms with Gasteiger partial charge in [0.05, 0.1) is 0 Å². The second-order valence-corrected chi connectivity index (χ2v) is 7.67. The highest BCUT2D eigenvalue weighted by molar-refractivity contribution is 5.94. The Morgan fingerprint density at radius 2 is 1.64 bits per heavy atom. The number of likely N-dealkylation sites (tertiary alicyclic amines) is 1. The lowest BCUT2D eigenvalue weighted by Gasteiger charge is -2.40. The maximum Gasteiger partial charge on any atom is 0.253 e. The molecule has 1 fully saturated rings. The summed E-state index contributed by atoms with van der Waals surface area (Å²) in [5, 5.41) is 0. The molecule has 1 aliphatic carbocycles. The number of amides is 1. The van der Waals surface area contributed by atoms with E-state index in [1.807, 2.05) is 43.3 Å². The van der Waals surface area contributed by atoms with Gasteiger partial charge in [-0.15, -0.1) is 0 Å². The summed E-state index contributed by atoms with van der Waals surface area (Å²) in [4.78, 5) is 16.9. The molecule has 2 aromatic rings. The van der Waals surface area contributed by atoms with Crippen molar-refractivity contribution in [1.29, 1.82) is 0 Å². The molecule has 3 nitrogen and oxygen atoms in total. The quantitative estimate of drug-likeness (QED) is 0.832. The molecule has 3 heteroatoms. The predicted molar refractivity (Wildman–Crippen MR) is 102 cm³/mol. The second-order valence-electron chi connectivity index (χ2n) is 7.67. The molecular formula is C22H26N2O. The molecule has 2 aromatic carbocycles. The average Bonchev–Trinajstić information content (AvgIpc) is 3.01. The summed E-state index contributed by atoms with van der Waals surface area (Å²) in [6.45, 7) is 1.73. The fourth-order valence-corrected chi connectivity index (χ4v) is 4.51. The lowest BCUT2D eigenvalue weighted by atomic mass is 9.74. The summed E-state index contributed by atoms with van der Waals surface area (Å²) >= 11 is 0. The van der Waals surface area contributed by atoms with Gasteiger partial charge in [-0.25, -0.2) is 0 Å². The normalized spacial score (nSPS) is 18.2. The van der Waals surface area contributed by atoms with Crippen molar-refractivity contribution >= 4 is 11.6 Å². The van der Waals surface area contributed by atoms with Crippen molar-refractivity contribution in [2.75, 3.05) is 32.1 Å². The Labute approximate surface area is 150 Å². The zero-order chi connectivity index (χ0) is 17.4. The van der Waals surface area contributed by atoms with Gasteiger partial charge in [0.25, 0.3) is 5.91 Å². The van der Waals surface area contributed by atoms with Crippen molar-refractivity contribution in [3.8, 4) is 0 Å². The molecule has 0 N–H and O–H groups in total. The third-order valence-electron chi connectivity index (χ3n) is 6.10. The van der Waals surface area contributed by atoms with Crippen LogP contribution in [0.1, 0.15) is 40.7 Å². The smallest absolute Gasteiger partial charge is 0.253 e. The number of hydrogen-bond donors (Lipinski definition) is 0. The lowest BCUT2D eigenvalue weighted by molar-refractivity contribution is 0.0666.